The first kappa shape index (κ1) is 13.4. The van der Waals surface area contributed by atoms with Gasteiger partial charge in [0.1, 0.15) is 5.75 Å². The molecule has 0 fully saturated rings. The number of sulfonamides is 1. The van der Waals surface area contributed by atoms with E-state index in [9.17, 15) is 8.42 Å². The molecule has 7 heteroatoms. The molecule has 0 radical (unpaired) electrons. The lowest BCUT2D eigenvalue weighted by Crippen LogP contribution is -2.13. The van der Waals surface area contributed by atoms with Gasteiger partial charge in [-0.25, -0.2) is 8.42 Å². The molecule has 0 aliphatic carbocycles. The largest absolute Gasteiger partial charge is 0.497 e. The zero-order valence-electron chi connectivity index (χ0n) is 11.2. The van der Waals surface area contributed by atoms with E-state index in [-0.39, 0.29) is 4.90 Å². The summed E-state index contributed by atoms with van der Waals surface area (Å²) >= 11 is 0. The summed E-state index contributed by atoms with van der Waals surface area (Å²) in [4.78, 5) is 0.170. The number of aromatic amines is 1. The molecule has 21 heavy (non-hydrogen) atoms. The van der Waals surface area contributed by atoms with Crippen LogP contribution in [0, 0.1) is 0 Å². The first-order valence-corrected chi connectivity index (χ1v) is 7.67. The first-order chi connectivity index (χ1) is 10.1. The van der Waals surface area contributed by atoms with Crippen LogP contribution in [0.25, 0.3) is 10.9 Å². The molecule has 3 rings (SSSR count). The Morgan fingerprint density at radius 3 is 2.62 bits per heavy atom. The Balaban J connectivity index is 1.97. The van der Waals surface area contributed by atoms with Gasteiger partial charge in [-0.15, -0.1) is 0 Å². The van der Waals surface area contributed by atoms with Crippen LogP contribution in [-0.4, -0.2) is 25.7 Å². The molecule has 0 aliphatic rings. The molecule has 108 valence electrons. The van der Waals surface area contributed by atoms with Gasteiger partial charge in [-0.1, -0.05) is 6.07 Å². The van der Waals surface area contributed by atoms with E-state index in [1.165, 1.54) is 19.2 Å². The fourth-order valence-electron chi connectivity index (χ4n) is 2.02. The Hall–Kier alpha value is -2.54. The Kier molecular flexibility index (Phi) is 3.26. The molecule has 0 saturated carbocycles. The maximum atomic E-state index is 12.4. The second kappa shape index (κ2) is 5.10. The van der Waals surface area contributed by atoms with E-state index in [0.717, 1.165) is 10.9 Å². The number of hydrogen-bond acceptors (Lipinski definition) is 4. The summed E-state index contributed by atoms with van der Waals surface area (Å²) in [6.45, 7) is 0. The normalized spacial score (nSPS) is 11.5. The van der Waals surface area contributed by atoms with Gasteiger partial charge in [-0.3, -0.25) is 9.82 Å². The molecule has 2 N–H and O–H groups in total. The topological polar surface area (TPSA) is 84.1 Å². The number of aromatic nitrogens is 2. The van der Waals surface area contributed by atoms with Gasteiger partial charge in [0, 0.05) is 5.39 Å². The molecule has 0 atom stereocenters. The Bertz CT molecular complexity index is 870. The van der Waals surface area contributed by atoms with Gasteiger partial charge in [0.2, 0.25) is 0 Å². The quantitative estimate of drug-likeness (QED) is 0.775. The van der Waals surface area contributed by atoms with Crippen molar-refractivity contribution in [3.8, 4) is 5.75 Å². The van der Waals surface area contributed by atoms with Crippen molar-refractivity contribution in [2.45, 2.75) is 4.90 Å². The number of hydrogen-bond donors (Lipinski definition) is 2. The lowest BCUT2D eigenvalue weighted by Gasteiger charge is -2.09. The van der Waals surface area contributed by atoms with Crippen molar-refractivity contribution in [3.63, 3.8) is 0 Å². The van der Waals surface area contributed by atoms with Crippen LogP contribution in [0.4, 0.5) is 5.69 Å². The highest BCUT2D eigenvalue weighted by atomic mass is 32.2. The molecule has 0 saturated heterocycles. The summed E-state index contributed by atoms with van der Waals surface area (Å²) in [5, 5.41) is 7.43. The molecule has 0 spiro atoms. The molecule has 1 heterocycles. The minimum atomic E-state index is -3.65. The number of H-pyrrole nitrogens is 1. The van der Waals surface area contributed by atoms with Crippen molar-refractivity contribution in [2.24, 2.45) is 0 Å². The Morgan fingerprint density at radius 2 is 1.90 bits per heavy atom. The predicted octanol–water partition coefficient (Wildman–Crippen LogP) is 2.37. The first-order valence-electron chi connectivity index (χ1n) is 6.19. The number of nitrogens with zero attached hydrogens (tertiary/aromatic N) is 1. The van der Waals surface area contributed by atoms with Crippen molar-refractivity contribution in [1.82, 2.24) is 10.2 Å². The van der Waals surface area contributed by atoms with Gasteiger partial charge >= 0.3 is 0 Å². The lowest BCUT2D eigenvalue weighted by molar-refractivity contribution is 0.414. The van der Waals surface area contributed by atoms with Crippen molar-refractivity contribution in [1.29, 1.82) is 0 Å². The van der Waals surface area contributed by atoms with E-state index in [2.05, 4.69) is 14.9 Å². The smallest absolute Gasteiger partial charge is 0.261 e. The highest BCUT2D eigenvalue weighted by molar-refractivity contribution is 7.92. The monoisotopic (exact) mass is 303 g/mol. The SMILES string of the molecule is COc1ccc(S(=O)(=O)Nc2cccc3[nH]ncc23)cc1. The number of benzene rings is 2. The summed E-state index contributed by atoms with van der Waals surface area (Å²) in [6, 6.07) is 11.5. The second-order valence-corrected chi connectivity index (χ2v) is 6.10. The second-order valence-electron chi connectivity index (χ2n) is 4.42. The van der Waals surface area contributed by atoms with Gasteiger partial charge < -0.3 is 4.74 Å². The summed E-state index contributed by atoms with van der Waals surface area (Å²) in [6.07, 6.45) is 1.58. The number of rotatable bonds is 4. The molecule has 0 unspecified atom stereocenters. The number of fused-ring (bicyclic) bond motifs is 1. The third kappa shape index (κ3) is 2.55. The molecule has 3 aromatic rings. The molecular formula is C14H13N3O3S. The van der Waals surface area contributed by atoms with Gasteiger partial charge in [-0.2, -0.15) is 5.10 Å². The number of anilines is 1. The van der Waals surface area contributed by atoms with Crippen LogP contribution < -0.4 is 9.46 Å². The van der Waals surface area contributed by atoms with Crippen LogP contribution in [0.2, 0.25) is 0 Å². The number of nitrogens with one attached hydrogen (secondary N) is 2. The van der Waals surface area contributed by atoms with Crippen molar-refractivity contribution >= 4 is 26.6 Å². The van der Waals surface area contributed by atoms with Gasteiger partial charge in [0.15, 0.2) is 0 Å². The average Bonchev–Trinajstić information content (AvgIpc) is 2.97. The van der Waals surface area contributed by atoms with E-state index in [0.29, 0.717) is 11.4 Å². The van der Waals surface area contributed by atoms with Crippen LogP contribution in [0.3, 0.4) is 0 Å². The van der Waals surface area contributed by atoms with Crippen LogP contribution >= 0.6 is 0 Å². The van der Waals surface area contributed by atoms with Crippen molar-refractivity contribution < 1.29 is 13.2 Å². The van der Waals surface area contributed by atoms with E-state index in [1.807, 2.05) is 6.07 Å². The number of methoxy groups -OCH3 is 1. The summed E-state index contributed by atoms with van der Waals surface area (Å²) < 4.78 is 32.4. The highest BCUT2D eigenvalue weighted by Gasteiger charge is 2.15. The maximum Gasteiger partial charge on any atom is 0.261 e. The van der Waals surface area contributed by atoms with Gasteiger partial charge in [0.25, 0.3) is 10.0 Å². The molecule has 0 amide bonds. The zero-order chi connectivity index (χ0) is 14.9. The van der Waals surface area contributed by atoms with Gasteiger partial charge in [-0.05, 0) is 36.4 Å². The molecular weight excluding hydrogens is 290 g/mol. The standard InChI is InChI=1S/C14H13N3O3S/c1-20-10-5-7-11(8-6-10)21(18,19)17-14-4-2-3-13-12(14)9-15-16-13/h2-9,17H,1H3,(H,15,16). The average molecular weight is 303 g/mol. The van der Waals surface area contributed by atoms with E-state index >= 15 is 0 Å². The summed E-state index contributed by atoms with van der Waals surface area (Å²) in [5.41, 5.74) is 1.25. The molecule has 1 aromatic heterocycles. The highest BCUT2D eigenvalue weighted by Crippen LogP contribution is 2.24. The minimum Gasteiger partial charge on any atom is -0.497 e. The van der Waals surface area contributed by atoms with Crippen LogP contribution in [0.1, 0.15) is 0 Å². The fraction of sp³-hybridized carbons (Fsp3) is 0.0714. The molecule has 6 nitrogen and oxygen atoms in total. The van der Waals surface area contributed by atoms with Crippen molar-refractivity contribution in [3.05, 3.63) is 48.7 Å². The third-order valence-electron chi connectivity index (χ3n) is 3.10. The van der Waals surface area contributed by atoms with E-state index in [1.54, 1.807) is 30.5 Å². The Labute approximate surface area is 121 Å². The fourth-order valence-corrected chi connectivity index (χ4v) is 3.10. The predicted molar refractivity (Wildman–Crippen MR) is 79.9 cm³/mol. The van der Waals surface area contributed by atoms with E-state index in [4.69, 9.17) is 4.74 Å². The lowest BCUT2D eigenvalue weighted by atomic mass is 10.2. The van der Waals surface area contributed by atoms with Crippen LogP contribution in [0.15, 0.2) is 53.6 Å². The zero-order valence-corrected chi connectivity index (χ0v) is 12.0. The van der Waals surface area contributed by atoms with Gasteiger partial charge in [0.05, 0.1) is 29.4 Å². The van der Waals surface area contributed by atoms with E-state index < -0.39 is 10.0 Å². The maximum absolute atomic E-state index is 12.4. The molecule has 0 aliphatic heterocycles. The molecule has 2 aromatic carbocycles. The van der Waals surface area contributed by atoms with Crippen LogP contribution in [0.5, 0.6) is 5.75 Å². The summed E-state index contributed by atoms with van der Waals surface area (Å²) in [5.74, 6) is 0.603. The summed E-state index contributed by atoms with van der Waals surface area (Å²) in [7, 11) is -2.13. The number of ether oxygens (including phenoxy) is 1. The molecule has 0 bridgehead atoms. The van der Waals surface area contributed by atoms with Crippen LogP contribution in [-0.2, 0) is 10.0 Å². The minimum absolute atomic E-state index is 0.170. The third-order valence-corrected chi connectivity index (χ3v) is 4.48. The van der Waals surface area contributed by atoms with Crippen molar-refractivity contribution in [2.75, 3.05) is 11.8 Å². The Morgan fingerprint density at radius 1 is 1.14 bits per heavy atom.